The Morgan fingerprint density at radius 1 is 1.28 bits per heavy atom. The SMILES string of the molecule is CN=C(NCC(=O)NCCOC)NCC(C)C.I. The summed E-state index contributed by atoms with van der Waals surface area (Å²) in [6.45, 7) is 6.29. The highest BCUT2D eigenvalue weighted by atomic mass is 127. The van der Waals surface area contributed by atoms with Gasteiger partial charge in [0.25, 0.3) is 0 Å². The van der Waals surface area contributed by atoms with Crippen LogP contribution >= 0.6 is 24.0 Å². The van der Waals surface area contributed by atoms with E-state index in [-0.39, 0.29) is 36.4 Å². The third-order valence-corrected chi connectivity index (χ3v) is 1.95. The molecular weight excluding hydrogens is 347 g/mol. The van der Waals surface area contributed by atoms with E-state index in [9.17, 15) is 4.79 Å². The van der Waals surface area contributed by atoms with Crippen LogP contribution in [0.2, 0.25) is 0 Å². The van der Waals surface area contributed by atoms with E-state index < -0.39 is 0 Å². The summed E-state index contributed by atoms with van der Waals surface area (Å²) >= 11 is 0. The van der Waals surface area contributed by atoms with Gasteiger partial charge in [0, 0.05) is 27.2 Å². The molecule has 0 aromatic carbocycles. The molecule has 0 aliphatic heterocycles. The number of aliphatic imine (C=N–C) groups is 1. The Kier molecular flexibility index (Phi) is 14.1. The summed E-state index contributed by atoms with van der Waals surface area (Å²) in [5.41, 5.74) is 0. The Labute approximate surface area is 126 Å². The van der Waals surface area contributed by atoms with Crippen molar-refractivity contribution in [2.24, 2.45) is 10.9 Å². The van der Waals surface area contributed by atoms with Crippen molar-refractivity contribution in [3.8, 4) is 0 Å². The van der Waals surface area contributed by atoms with Crippen molar-refractivity contribution in [1.82, 2.24) is 16.0 Å². The number of ether oxygens (including phenoxy) is 1. The molecule has 3 N–H and O–H groups in total. The van der Waals surface area contributed by atoms with Gasteiger partial charge in [0.15, 0.2) is 5.96 Å². The van der Waals surface area contributed by atoms with Crippen LogP contribution in [-0.4, -0.2) is 52.3 Å². The fourth-order valence-electron chi connectivity index (χ4n) is 1.04. The Hall–Kier alpha value is -0.570. The molecule has 108 valence electrons. The Balaban J connectivity index is 0. The number of methoxy groups -OCH3 is 1. The first-order chi connectivity index (χ1) is 8.10. The number of carbonyl (C=O) groups excluding carboxylic acids is 1. The second kappa shape index (κ2) is 12.9. The molecule has 0 bridgehead atoms. The molecule has 0 aromatic heterocycles. The zero-order valence-electron chi connectivity index (χ0n) is 11.6. The molecule has 0 saturated carbocycles. The van der Waals surface area contributed by atoms with Crippen molar-refractivity contribution in [1.29, 1.82) is 0 Å². The Morgan fingerprint density at radius 2 is 1.94 bits per heavy atom. The maximum atomic E-state index is 11.4. The number of nitrogens with zero attached hydrogens (tertiary/aromatic N) is 1. The monoisotopic (exact) mass is 372 g/mol. The van der Waals surface area contributed by atoms with Crippen molar-refractivity contribution < 1.29 is 9.53 Å². The minimum Gasteiger partial charge on any atom is -0.383 e. The smallest absolute Gasteiger partial charge is 0.239 e. The maximum absolute atomic E-state index is 11.4. The highest BCUT2D eigenvalue weighted by Gasteiger charge is 2.03. The summed E-state index contributed by atoms with van der Waals surface area (Å²) in [7, 11) is 3.28. The van der Waals surface area contributed by atoms with E-state index in [1.54, 1.807) is 14.2 Å². The van der Waals surface area contributed by atoms with Gasteiger partial charge < -0.3 is 20.7 Å². The van der Waals surface area contributed by atoms with Crippen LogP contribution < -0.4 is 16.0 Å². The summed E-state index contributed by atoms with van der Waals surface area (Å²) in [4.78, 5) is 15.4. The van der Waals surface area contributed by atoms with Gasteiger partial charge in [-0.1, -0.05) is 13.8 Å². The topological polar surface area (TPSA) is 74.8 Å². The number of hydrogen-bond donors (Lipinski definition) is 3. The van der Waals surface area contributed by atoms with Gasteiger partial charge in [-0.15, -0.1) is 24.0 Å². The number of rotatable bonds is 7. The summed E-state index contributed by atoms with van der Waals surface area (Å²) in [5.74, 6) is 1.10. The van der Waals surface area contributed by atoms with E-state index in [0.29, 0.717) is 25.0 Å². The van der Waals surface area contributed by atoms with Crippen LogP contribution in [0.1, 0.15) is 13.8 Å². The van der Waals surface area contributed by atoms with Crippen LogP contribution in [0.4, 0.5) is 0 Å². The summed E-state index contributed by atoms with van der Waals surface area (Å²) in [5, 5.41) is 8.78. The normalized spacial score (nSPS) is 10.8. The van der Waals surface area contributed by atoms with Crippen LogP contribution in [0.5, 0.6) is 0 Å². The third kappa shape index (κ3) is 11.9. The lowest BCUT2D eigenvalue weighted by Gasteiger charge is -2.13. The standard InChI is InChI=1S/C11H24N4O2.HI/c1-9(2)7-14-11(12-3)15-8-10(16)13-5-6-17-4;/h9H,5-8H2,1-4H3,(H,13,16)(H2,12,14,15);1H. The molecule has 0 radical (unpaired) electrons. The molecule has 0 fully saturated rings. The molecular formula is C11H25IN4O2. The highest BCUT2D eigenvalue weighted by molar-refractivity contribution is 14.0. The lowest BCUT2D eigenvalue weighted by molar-refractivity contribution is -0.120. The first-order valence-corrected chi connectivity index (χ1v) is 5.80. The first kappa shape index (κ1) is 19.8. The molecule has 0 spiro atoms. The summed E-state index contributed by atoms with van der Waals surface area (Å²) in [6.07, 6.45) is 0. The van der Waals surface area contributed by atoms with Crippen LogP contribution in [0.25, 0.3) is 0 Å². The number of carbonyl (C=O) groups is 1. The molecule has 0 saturated heterocycles. The number of nitrogens with one attached hydrogen (secondary N) is 3. The zero-order valence-corrected chi connectivity index (χ0v) is 13.9. The van der Waals surface area contributed by atoms with Crippen molar-refractivity contribution in [2.75, 3.05) is 40.4 Å². The molecule has 18 heavy (non-hydrogen) atoms. The van der Waals surface area contributed by atoms with Gasteiger partial charge >= 0.3 is 0 Å². The maximum Gasteiger partial charge on any atom is 0.239 e. The lowest BCUT2D eigenvalue weighted by atomic mass is 10.2. The van der Waals surface area contributed by atoms with Crippen molar-refractivity contribution in [2.45, 2.75) is 13.8 Å². The van der Waals surface area contributed by atoms with E-state index in [2.05, 4.69) is 34.8 Å². The average Bonchev–Trinajstić information content (AvgIpc) is 2.29. The van der Waals surface area contributed by atoms with Crippen LogP contribution in [0, 0.1) is 5.92 Å². The largest absolute Gasteiger partial charge is 0.383 e. The minimum absolute atomic E-state index is 0. The molecule has 0 unspecified atom stereocenters. The van der Waals surface area contributed by atoms with E-state index >= 15 is 0 Å². The third-order valence-electron chi connectivity index (χ3n) is 1.95. The Bertz CT molecular complexity index is 247. The molecule has 0 atom stereocenters. The van der Waals surface area contributed by atoms with Crippen molar-refractivity contribution in [3.63, 3.8) is 0 Å². The van der Waals surface area contributed by atoms with Crippen LogP contribution in [0.3, 0.4) is 0 Å². The van der Waals surface area contributed by atoms with Gasteiger partial charge in [-0.2, -0.15) is 0 Å². The minimum atomic E-state index is -0.0745. The van der Waals surface area contributed by atoms with Crippen LogP contribution in [0.15, 0.2) is 4.99 Å². The van der Waals surface area contributed by atoms with Crippen molar-refractivity contribution in [3.05, 3.63) is 0 Å². The molecule has 0 aliphatic carbocycles. The van der Waals surface area contributed by atoms with Gasteiger partial charge in [0.05, 0.1) is 13.2 Å². The molecule has 1 amide bonds. The van der Waals surface area contributed by atoms with E-state index in [0.717, 1.165) is 6.54 Å². The van der Waals surface area contributed by atoms with Gasteiger partial charge in [0.1, 0.15) is 0 Å². The summed E-state index contributed by atoms with van der Waals surface area (Å²) in [6, 6.07) is 0. The second-order valence-electron chi connectivity index (χ2n) is 4.04. The Morgan fingerprint density at radius 3 is 2.44 bits per heavy atom. The van der Waals surface area contributed by atoms with Gasteiger partial charge in [-0.25, -0.2) is 0 Å². The van der Waals surface area contributed by atoms with Crippen LogP contribution in [-0.2, 0) is 9.53 Å². The number of halogens is 1. The predicted octanol–water partition coefficient (Wildman–Crippen LogP) is 0.188. The fraction of sp³-hybridized carbons (Fsp3) is 0.818. The van der Waals surface area contributed by atoms with E-state index in [1.165, 1.54) is 0 Å². The first-order valence-electron chi connectivity index (χ1n) is 5.80. The molecule has 6 nitrogen and oxygen atoms in total. The average molecular weight is 372 g/mol. The molecule has 0 rings (SSSR count). The van der Waals surface area contributed by atoms with Gasteiger partial charge in [-0.05, 0) is 5.92 Å². The van der Waals surface area contributed by atoms with E-state index in [4.69, 9.17) is 4.74 Å². The van der Waals surface area contributed by atoms with Gasteiger partial charge in [0.2, 0.25) is 5.91 Å². The second-order valence-corrected chi connectivity index (χ2v) is 4.04. The van der Waals surface area contributed by atoms with Gasteiger partial charge in [-0.3, -0.25) is 9.79 Å². The highest BCUT2D eigenvalue weighted by Crippen LogP contribution is 1.86. The lowest BCUT2D eigenvalue weighted by Crippen LogP contribution is -2.44. The molecule has 0 aliphatic rings. The number of guanidine groups is 1. The predicted molar refractivity (Wildman–Crippen MR) is 84.5 cm³/mol. The molecule has 7 heteroatoms. The molecule has 0 aromatic rings. The van der Waals surface area contributed by atoms with E-state index in [1.807, 2.05) is 0 Å². The summed E-state index contributed by atoms with van der Waals surface area (Å²) < 4.78 is 4.83. The quantitative estimate of drug-likeness (QED) is 0.258. The van der Waals surface area contributed by atoms with Crippen molar-refractivity contribution >= 4 is 35.8 Å². The molecule has 0 heterocycles. The fourth-order valence-corrected chi connectivity index (χ4v) is 1.04. The number of amides is 1. The number of hydrogen-bond acceptors (Lipinski definition) is 3. The zero-order chi connectivity index (χ0) is 13.1.